The van der Waals surface area contributed by atoms with E-state index >= 15 is 4.79 Å². The van der Waals surface area contributed by atoms with Crippen LogP contribution in [-0.2, 0) is 29.9 Å². The number of halogens is 1. The Bertz CT molecular complexity index is 1720. The summed E-state index contributed by atoms with van der Waals surface area (Å²) in [7, 11) is 4.42. The largest absolute Gasteiger partial charge is 0.497 e. The van der Waals surface area contributed by atoms with Crippen LogP contribution in [0.15, 0.2) is 65.6 Å². The van der Waals surface area contributed by atoms with E-state index in [0.717, 1.165) is 4.31 Å². The first kappa shape index (κ1) is 31.6. The Labute approximate surface area is 261 Å². The second kappa shape index (κ2) is 11.9. The lowest BCUT2D eigenvalue weighted by atomic mass is 9.80. The highest BCUT2D eigenvalue weighted by Crippen LogP contribution is 2.55. The van der Waals surface area contributed by atoms with E-state index in [0.29, 0.717) is 17.1 Å². The SMILES string of the molecule is COc1ccc(S(=O)(=O)N2C(=O)[C@@](c3ccccc3OC)(N3C[C@H](OC)C[C@H]3C(=O)N(C)C)c3cc(Cl)ccc32)c(OC)c1. The molecule has 0 bridgehead atoms. The van der Waals surface area contributed by atoms with E-state index in [2.05, 4.69) is 0 Å². The second-order valence-electron chi connectivity index (χ2n) is 10.7. The summed E-state index contributed by atoms with van der Waals surface area (Å²) < 4.78 is 52.2. The van der Waals surface area contributed by atoms with Crippen molar-refractivity contribution >= 4 is 39.1 Å². The number of likely N-dealkylation sites (tertiary alicyclic amines) is 1. The van der Waals surface area contributed by atoms with Crippen molar-refractivity contribution < 1.29 is 37.0 Å². The third-order valence-corrected chi connectivity index (χ3v) is 10.2. The van der Waals surface area contributed by atoms with E-state index in [9.17, 15) is 13.2 Å². The van der Waals surface area contributed by atoms with Crippen LogP contribution in [0, 0.1) is 0 Å². The zero-order valence-electron chi connectivity index (χ0n) is 25.2. The monoisotopic (exact) mass is 643 g/mol. The molecule has 3 aromatic carbocycles. The van der Waals surface area contributed by atoms with Crippen LogP contribution >= 0.6 is 11.6 Å². The Hall–Kier alpha value is -3.84. The number of rotatable bonds is 9. The number of para-hydroxylation sites is 1. The molecule has 1 saturated heterocycles. The van der Waals surface area contributed by atoms with E-state index in [-0.39, 0.29) is 45.8 Å². The topological polar surface area (TPSA) is 115 Å². The molecule has 0 saturated carbocycles. The van der Waals surface area contributed by atoms with Crippen molar-refractivity contribution in [2.75, 3.05) is 53.4 Å². The van der Waals surface area contributed by atoms with Crippen molar-refractivity contribution in [2.24, 2.45) is 0 Å². The number of nitrogens with zero attached hydrogens (tertiary/aromatic N) is 3. The van der Waals surface area contributed by atoms with Gasteiger partial charge in [0.05, 0.1) is 39.2 Å². The zero-order chi connectivity index (χ0) is 32.0. The van der Waals surface area contributed by atoms with Gasteiger partial charge in [0.15, 0.2) is 5.54 Å². The molecule has 44 heavy (non-hydrogen) atoms. The Balaban J connectivity index is 1.86. The minimum absolute atomic E-state index is 0.0104. The molecule has 0 aliphatic carbocycles. The summed E-state index contributed by atoms with van der Waals surface area (Å²) in [5.74, 6) is -0.413. The van der Waals surface area contributed by atoms with Gasteiger partial charge in [-0.15, -0.1) is 0 Å². The first-order valence-electron chi connectivity index (χ1n) is 13.7. The number of fused-ring (bicyclic) bond motifs is 1. The standard InChI is InChI=1S/C31H34ClN3O8S/c1-33(2)29(36)25-16-21(41-4)18-34(25)31(22-9-7-8-10-26(22)42-5)23-15-19(32)11-13-24(23)35(30(31)37)44(38,39)28-14-12-20(40-3)17-27(28)43-6/h7-15,17,21,25H,16,18H2,1-6H3/t21-,25+,31+/m1/s1. The number of hydrogen-bond acceptors (Lipinski definition) is 9. The van der Waals surface area contributed by atoms with Crippen LogP contribution in [-0.4, -0.2) is 91.3 Å². The van der Waals surface area contributed by atoms with Gasteiger partial charge < -0.3 is 23.8 Å². The average molecular weight is 644 g/mol. The predicted octanol–water partition coefficient (Wildman–Crippen LogP) is 3.52. The van der Waals surface area contributed by atoms with Gasteiger partial charge in [0, 0.05) is 50.0 Å². The number of benzene rings is 3. The van der Waals surface area contributed by atoms with E-state index in [1.54, 1.807) is 49.3 Å². The molecule has 2 aliphatic heterocycles. The normalized spacial score (nSPS) is 21.7. The molecule has 234 valence electrons. The first-order valence-corrected chi connectivity index (χ1v) is 15.5. The number of methoxy groups -OCH3 is 4. The zero-order valence-corrected chi connectivity index (χ0v) is 26.8. The molecule has 0 unspecified atom stereocenters. The summed E-state index contributed by atoms with van der Waals surface area (Å²) in [4.78, 5) is 32.0. The van der Waals surface area contributed by atoms with Crippen molar-refractivity contribution in [3.63, 3.8) is 0 Å². The Morgan fingerprint density at radius 2 is 1.64 bits per heavy atom. The summed E-state index contributed by atoms with van der Waals surface area (Å²) in [5.41, 5.74) is -1.14. The van der Waals surface area contributed by atoms with Crippen molar-refractivity contribution in [2.45, 2.75) is 29.0 Å². The van der Waals surface area contributed by atoms with Crippen LogP contribution in [0.4, 0.5) is 5.69 Å². The van der Waals surface area contributed by atoms with Crippen LogP contribution in [0.3, 0.4) is 0 Å². The molecule has 13 heteroatoms. The quantitative estimate of drug-likeness (QED) is 0.345. The molecule has 1 fully saturated rings. The van der Waals surface area contributed by atoms with E-state index < -0.39 is 33.6 Å². The number of carbonyl (C=O) groups is 2. The smallest absolute Gasteiger partial charge is 0.274 e. The maximum absolute atomic E-state index is 15.3. The summed E-state index contributed by atoms with van der Waals surface area (Å²) in [6.07, 6.45) is -0.162. The molecular weight excluding hydrogens is 610 g/mol. The number of ether oxygens (including phenoxy) is 4. The number of likely N-dealkylation sites (N-methyl/N-ethyl adjacent to an activating group) is 1. The number of hydrogen-bond donors (Lipinski definition) is 0. The second-order valence-corrected chi connectivity index (χ2v) is 12.8. The van der Waals surface area contributed by atoms with Crippen LogP contribution in [0.1, 0.15) is 17.5 Å². The van der Waals surface area contributed by atoms with Gasteiger partial charge in [0.2, 0.25) is 5.91 Å². The van der Waals surface area contributed by atoms with Gasteiger partial charge in [-0.3, -0.25) is 14.5 Å². The number of amides is 2. The number of sulfonamides is 1. The average Bonchev–Trinajstić information content (AvgIpc) is 3.57. The molecule has 11 nitrogen and oxygen atoms in total. The lowest BCUT2D eigenvalue weighted by molar-refractivity contribution is -0.138. The fourth-order valence-electron chi connectivity index (χ4n) is 6.18. The van der Waals surface area contributed by atoms with Crippen LogP contribution in [0.5, 0.6) is 17.2 Å². The maximum atomic E-state index is 15.3. The third kappa shape index (κ3) is 4.76. The Kier molecular flexibility index (Phi) is 8.56. The molecule has 2 amide bonds. The van der Waals surface area contributed by atoms with Crippen molar-refractivity contribution in [1.29, 1.82) is 0 Å². The van der Waals surface area contributed by atoms with Gasteiger partial charge in [-0.25, -0.2) is 12.7 Å². The lowest BCUT2D eigenvalue weighted by Crippen LogP contribution is -2.59. The van der Waals surface area contributed by atoms with Crippen LogP contribution in [0.2, 0.25) is 5.02 Å². The van der Waals surface area contributed by atoms with Gasteiger partial charge in [-0.2, -0.15) is 0 Å². The summed E-state index contributed by atoms with van der Waals surface area (Å²) >= 11 is 6.57. The number of carbonyl (C=O) groups excluding carboxylic acids is 2. The molecule has 0 aromatic heterocycles. The van der Waals surface area contributed by atoms with Gasteiger partial charge in [0.1, 0.15) is 22.1 Å². The highest BCUT2D eigenvalue weighted by Gasteiger charge is 2.64. The minimum atomic E-state index is -4.62. The Morgan fingerprint density at radius 1 is 0.932 bits per heavy atom. The summed E-state index contributed by atoms with van der Waals surface area (Å²) in [6.45, 7) is 0.135. The molecule has 3 aromatic rings. The first-order chi connectivity index (χ1) is 21.0. The van der Waals surface area contributed by atoms with Crippen LogP contribution in [0.25, 0.3) is 0 Å². The van der Waals surface area contributed by atoms with Crippen molar-refractivity contribution in [3.05, 3.63) is 76.8 Å². The molecule has 2 heterocycles. The maximum Gasteiger partial charge on any atom is 0.274 e. The van der Waals surface area contributed by atoms with Crippen molar-refractivity contribution in [3.8, 4) is 17.2 Å². The highest BCUT2D eigenvalue weighted by molar-refractivity contribution is 7.93. The molecule has 5 rings (SSSR count). The molecule has 0 radical (unpaired) electrons. The Morgan fingerprint density at radius 3 is 2.27 bits per heavy atom. The number of anilines is 1. The van der Waals surface area contributed by atoms with E-state index in [1.165, 1.54) is 63.7 Å². The van der Waals surface area contributed by atoms with Gasteiger partial charge in [-0.05, 0) is 42.8 Å². The fourth-order valence-corrected chi connectivity index (χ4v) is 7.95. The highest BCUT2D eigenvalue weighted by atomic mass is 35.5. The van der Waals surface area contributed by atoms with Gasteiger partial charge in [-0.1, -0.05) is 29.8 Å². The molecule has 3 atom stereocenters. The fraction of sp³-hybridized carbons (Fsp3) is 0.355. The van der Waals surface area contributed by atoms with Crippen LogP contribution < -0.4 is 18.5 Å². The molecule has 0 spiro atoms. The lowest BCUT2D eigenvalue weighted by Gasteiger charge is -2.42. The van der Waals surface area contributed by atoms with Gasteiger partial charge in [0.25, 0.3) is 15.9 Å². The molecular formula is C31H34ClN3O8S. The summed E-state index contributed by atoms with van der Waals surface area (Å²) in [5, 5.41) is 0.273. The van der Waals surface area contributed by atoms with E-state index in [1.807, 2.05) is 0 Å². The van der Waals surface area contributed by atoms with E-state index in [4.69, 9.17) is 30.5 Å². The van der Waals surface area contributed by atoms with Gasteiger partial charge >= 0.3 is 0 Å². The third-order valence-electron chi connectivity index (χ3n) is 8.20. The minimum Gasteiger partial charge on any atom is -0.497 e. The van der Waals surface area contributed by atoms with Crippen molar-refractivity contribution in [1.82, 2.24) is 9.80 Å². The summed E-state index contributed by atoms with van der Waals surface area (Å²) in [6, 6.07) is 14.8. The molecule has 0 N–H and O–H groups in total. The predicted molar refractivity (Wildman–Crippen MR) is 164 cm³/mol. The molecule has 2 aliphatic rings.